The average molecular weight is 329 g/mol. The first-order valence-corrected chi connectivity index (χ1v) is 8.01. The molecular formula is C17H22F3NO2. The third-order valence-corrected chi connectivity index (χ3v) is 4.29. The minimum absolute atomic E-state index is 0.0498. The van der Waals surface area contributed by atoms with Crippen LogP contribution < -0.4 is 5.32 Å². The molecule has 1 aliphatic rings. The first-order chi connectivity index (χ1) is 10.9. The summed E-state index contributed by atoms with van der Waals surface area (Å²) in [5, 5.41) is 12.7. The number of nitrogens with one attached hydrogen (secondary N) is 1. The number of aliphatic hydroxyl groups excluding tert-OH is 1. The van der Waals surface area contributed by atoms with E-state index in [0.29, 0.717) is 0 Å². The van der Waals surface area contributed by atoms with Crippen LogP contribution in [0.4, 0.5) is 13.2 Å². The van der Waals surface area contributed by atoms with Gasteiger partial charge in [-0.25, -0.2) is 0 Å². The van der Waals surface area contributed by atoms with E-state index < -0.39 is 17.8 Å². The summed E-state index contributed by atoms with van der Waals surface area (Å²) >= 11 is 0. The molecule has 2 N–H and O–H groups in total. The molecule has 1 unspecified atom stereocenters. The van der Waals surface area contributed by atoms with E-state index in [2.05, 4.69) is 5.32 Å². The van der Waals surface area contributed by atoms with Gasteiger partial charge in [-0.2, -0.15) is 13.2 Å². The molecule has 0 aliphatic heterocycles. The highest BCUT2D eigenvalue weighted by Gasteiger charge is 2.31. The van der Waals surface area contributed by atoms with Crippen molar-refractivity contribution < 1.29 is 23.1 Å². The lowest BCUT2D eigenvalue weighted by molar-refractivity contribution is -0.137. The van der Waals surface area contributed by atoms with Crippen LogP contribution in [0.5, 0.6) is 0 Å². The molecule has 0 aromatic heterocycles. The molecule has 1 saturated carbocycles. The predicted molar refractivity (Wildman–Crippen MR) is 80.6 cm³/mol. The van der Waals surface area contributed by atoms with Crippen molar-refractivity contribution in [3.63, 3.8) is 0 Å². The fourth-order valence-electron chi connectivity index (χ4n) is 2.92. The molecule has 1 atom stereocenters. The fourth-order valence-corrected chi connectivity index (χ4v) is 2.92. The Morgan fingerprint density at radius 3 is 2.48 bits per heavy atom. The second kappa shape index (κ2) is 7.81. The Kier molecular flexibility index (Phi) is 6.04. The predicted octanol–water partition coefficient (Wildman–Crippen LogP) is 3.83. The zero-order chi connectivity index (χ0) is 16.9. The summed E-state index contributed by atoms with van der Waals surface area (Å²) < 4.78 is 38.0. The molecule has 1 aromatic rings. The van der Waals surface area contributed by atoms with Gasteiger partial charge in [0.15, 0.2) is 0 Å². The summed E-state index contributed by atoms with van der Waals surface area (Å²) in [7, 11) is 0. The second-order valence-corrected chi connectivity index (χ2v) is 6.07. The summed E-state index contributed by atoms with van der Waals surface area (Å²) in [5.41, 5.74) is -0.648. The largest absolute Gasteiger partial charge is 0.416 e. The molecule has 6 heteroatoms. The Balaban J connectivity index is 1.91. The minimum Gasteiger partial charge on any atom is -0.387 e. The van der Waals surface area contributed by atoms with Crippen LogP contribution in [-0.2, 0) is 11.0 Å². The van der Waals surface area contributed by atoms with Gasteiger partial charge in [-0.1, -0.05) is 37.8 Å². The molecule has 1 amide bonds. The van der Waals surface area contributed by atoms with Gasteiger partial charge in [-0.3, -0.25) is 4.79 Å². The maximum Gasteiger partial charge on any atom is 0.416 e. The van der Waals surface area contributed by atoms with Gasteiger partial charge in [0.05, 0.1) is 11.7 Å². The van der Waals surface area contributed by atoms with Gasteiger partial charge in [0.1, 0.15) is 0 Å². The SMILES string of the molecule is O=C(NCC(O)c1cccc(C(F)(F)F)c1)C1CCCCCC1. The molecule has 1 fully saturated rings. The highest BCUT2D eigenvalue weighted by Crippen LogP contribution is 2.30. The van der Waals surface area contributed by atoms with Crippen LogP contribution >= 0.6 is 0 Å². The molecule has 1 aliphatic carbocycles. The van der Waals surface area contributed by atoms with E-state index in [1.165, 1.54) is 12.1 Å². The zero-order valence-electron chi connectivity index (χ0n) is 12.9. The molecule has 0 bridgehead atoms. The van der Waals surface area contributed by atoms with Crippen molar-refractivity contribution >= 4 is 5.91 Å². The molecule has 2 rings (SSSR count). The lowest BCUT2D eigenvalue weighted by Gasteiger charge is -2.17. The summed E-state index contributed by atoms with van der Waals surface area (Å²) in [6, 6.07) is 4.56. The van der Waals surface area contributed by atoms with Crippen LogP contribution in [0.3, 0.4) is 0 Å². The normalized spacial score (nSPS) is 18.3. The third-order valence-electron chi connectivity index (χ3n) is 4.29. The number of benzene rings is 1. The topological polar surface area (TPSA) is 49.3 Å². The smallest absolute Gasteiger partial charge is 0.387 e. The molecule has 128 valence electrons. The van der Waals surface area contributed by atoms with Crippen molar-refractivity contribution in [2.24, 2.45) is 5.92 Å². The van der Waals surface area contributed by atoms with Crippen LogP contribution in [-0.4, -0.2) is 17.6 Å². The highest BCUT2D eigenvalue weighted by atomic mass is 19.4. The number of rotatable bonds is 4. The van der Waals surface area contributed by atoms with Gasteiger partial charge < -0.3 is 10.4 Å². The average Bonchev–Trinajstić information content (AvgIpc) is 2.81. The number of hydrogen-bond donors (Lipinski definition) is 2. The third kappa shape index (κ3) is 5.23. The number of amides is 1. The standard InChI is InChI=1S/C17H22F3NO2/c18-17(19,20)14-9-5-8-13(10-14)15(22)11-21-16(23)12-6-3-1-2-4-7-12/h5,8-10,12,15,22H,1-4,6-7,11H2,(H,21,23). The van der Waals surface area contributed by atoms with Crippen molar-refractivity contribution in [3.05, 3.63) is 35.4 Å². The number of carbonyl (C=O) groups excluding carboxylic acids is 1. The Hall–Kier alpha value is -1.56. The van der Waals surface area contributed by atoms with Gasteiger partial charge >= 0.3 is 6.18 Å². The number of halogens is 3. The Labute approximate surface area is 133 Å². The number of aliphatic hydroxyl groups is 1. The molecule has 0 heterocycles. The summed E-state index contributed by atoms with van der Waals surface area (Å²) in [6.45, 7) is -0.0728. The van der Waals surface area contributed by atoms with E-state index in [1.807, 2.05) is 0 Å². The zero-order valence-corrected chi connectivity index (χ0v) is 12.9. The molecule has 3 nitrogen and oxygen atoms in total. The fraction of sp³-hybridized carbons (Fsp3) is 0.588. The van der Waals surface area contributed by atoms with E-state index >= 15 is 0 Å². The molecule has 1 aromatic carbocycles. The first kappa shape index (κ1) is 17.8. The van der Waals surface area contributed by atoms with Crippen LogP contribution in [0, 0.1) is 5.92 Å². The van der Waals surface area contributed by atoms with Crippen molar-refractivity contribution in [1.29, 1.82) is 0 Å². The Bertz CT molecular complexity index is 523. The summed E-state index contributed by atoms with van der Waals surface area (Å²) in [4.78, 5) is 12.1. The van der Waals surface area contributed by atoms with Gasteiger partial charge in [-0.15, -0.1) is 0 Å². The van der Waals surface area contributed by atoms with Crippen molar-refractivity contribution in [2.45, 2.75) is 50.8 Å². The molecule has 23 heavy (non-hydrogen) atoms. The minimum atomic E-state index is -4.45. The summed E-state index contributed by atoms with van der Waals surface area (Å²) in [6.07, 6.45) is 0.401. The van der Waals surface area contributed by atoms with Crippen molar-refractivity contribution in [3.8, 4) is 0 Å². The molecule has 0 radical (unpaired) electrons. The van der Waals surface area contributed by atoms with Crippen molar-refractivity contribution in [2.75, 3.05) is 6.54 Å². The molecule has 0 saturated heterocycles. The van der Waals surface area contributed by atoms with E-state index in [9.17, 15) is 23.1 Å². The highest BCUT2D eigenvalue weighted by molar-refractivity contribution is 5.78. The Morgan fingerprint density at radius 1 is 1.22 bits per heavy atom. The van der Waals surface area contributed by atoms with E-state index in [-0.39, 0.29) is 23.9 Å². The lowest BCUT2D eigenvalue weighted by atomic mass is 9.99. The second-order valence-electron chi connectivity index (χ2n) is 6.07. The molecule has 0 spiro atoms. The van der Waals surface area contributed by atoms with Gasteiger partial charge in [0, 0.05) is 12.5 Å². The van der Waals surface area contributed by atoms with Gasteiger partial charge in [0.2, 0.25) is 5.91 Å². The monoisotopic (exact) mass is 329 g/mol. The van der Waals surface area contributed by atoms with E-state index in [4.69, 9.17) is 0 Å². The van der Waals surface area contributed by atoms with Crippen LogP contribution in [0.25, 0.3) is 0 Å². The quantitative estimate of drug-likeness (QED) is 0.825. The van der Waals surface area contributed by atoms with Gasteiger partial charge in [0.25, 0.3) is 0 Å². The molecular weight excluding hydrogens is 307 g/mol. The first-order valence-electron chi connectivity index (χ1n) is 8.01. The number of carbonyl (C=O) groups is 1. The number of hydrogen-bond acceptors (Lipinski definition) is 2. The van der Waals surface area contributed by atoms with Crippen LogP contribution in [0.15, 0.2) is 24.3 Å². The number of alkyl halides is 3. The Morgan fingerprint density at radius 2 is 1.87 bits per heavy atom. The van der Waals surface area contributed by atoms with E-state index in [1.54, 1.807) is 0 Å². The van der Waals surface area contributed by atoms with Gasteiger partial charge in [-0.05, 0) is 30.5 Å². The van der Waals surface area contributed by atoms with Crippen LogP contribution in [0.1, 0.15) is 55.8 Å². The lowest BCUT2D eigenvalue weighted by Crippen LogP contribution is -2.33. The summed E-state index contributed by atoms with van der Waals surface area (Å²) in [5.74, 6) is -0.163. The van der Waals surface area contributed by atoms with Crippen molar-refractivity contribution in [1.82, 2.24) is 5.32 Å². The van der Waals surface area contributed by atoms with E-state index in [0.717, 1.165) is 50.7 Å². The maximum atomic E-state index is 12.7. The van der Waals surface area contributed by atoms with Crippen LogP contribution in [0.2, 0.25) is 0 Å². The maximum absolute atomic E-state index is 12.7.